The molecule has 0 spiro atoms. The standard InChI is InChI=1S/C21H26FN7O/c1-20(2)8-15(18(22)21(3,4)29-20)26-19-23-11-16(27-28-19)14-6-5-12(7-17(14)30)13-9-24-25-10-13/h5-7,9-11,15,18,29-30H,8H2,1-4H3,(H,24,25)(H,23,26,28)/t15?,18-/m1/s1. The number of halogens is 1. The molecule has 4 N–H and O–H groups in total. The van der Waals surface area contributed by atoms with Gasteiger partial charge in [-0.25, -0.2) is 9.37 Å². The van der Waals surface area contributed by atoms with Gasteiger partial charge in [0.25, 0.3) is 0 Å². The van der Waals surface area contributed by atoms with E-state index in [2.05, 4.69) is 36.0 Å². The van der Waals surface area contributed by atoms with Gasteiger partial charge in [-0.05, 0) is 51.8 Å². The van der Waals surface area contributed by atoms with Crippen molar-refractivity contribution in [3.8, 4) is 28.1 Å². The number of benzene rings is 1. The fraction of sp³-hybridized carbons (Fsp3) is 0.429. The molecule has 3 aromatic rings. The lowest BCUT2D eigenvalue weighted by Crippen LogP contribution is -2.67. The molecule has 1 saturated heterocycles. The van der Waals surface area contributed by atoms with Crippen LogP contribution in [0.5, 0.6) is 5.75 Å². The Hall–Kier alpha value is -3.07. The summed E-state index contributed by atoms with van der Waals surface area (Å²) < 4.78 is 15.0. The first-order valence-electron chi connectivity index (χ1n) is 9.87. The first-order valence-corrected chi connectivity index (χ1v) is 9.87. The van der Waals surface area contributed by atoms with E-state index >= 15 is 0 Å². The molecule has 0 amide bonds. The van der Waals surface area contributed by atoms with Crippen molar-refractivity contribution < 1.29 is 9.50 Å². The maximum Gasteiger partial charge on any atom is 0.243 e. The Kier molecular flexibility index (Phi) is 4.93. The zero-order chi connectivity index (χ0) is 21.5. The lowest BCUT2D eigenvalue weighted by molar-refractivity contribution is 0.0654. The Bertz CT molecular complexity index is 1020. The highest BCUT2D eigenvalue weighted by atomic mass is 19.1. The van der Waals surface area contributed by atoms with Crippen LogP contribution >= 0.6 is 0 Å². The van der Waals surface area contributed by atoms with Gasteiger partial charge in [-0.3, -0.25) is 5.10 Å². The van der Waals surface area contributed by atoms with Crippen molar-refractivity contribution in [2.75, 3.05) is 5.32 Å². The highest BCUT2D eigenvalue weighted by Gasteiger charge is 2.46. The summed E-state index contributed by atoms with van der Waals surface area (Å²) >= 11 is 0. The third kappa shape index (κ3) is 3.97. The average molecular weight is 411 g/mol. The normalized spacial score (nSPS) is 22.6. The summed E-state index contributed by atoms with van der Waals surface area (Å²) in [7, 11) is 0. The summed E-state index contributed by atoms with van der Waals surface area (Å²) in [6.07, 6.45) is 4.41. The molecular weight excluding hydrogens is 385 g/mol. The van der Waals surface area contributed by atoms with Gasteiger partial charge in [-0.2, -0.15) is 5.10 Å². The molecule has 0 aliphatic carbocycles. The number of alkyl halides is 1. The molecule has 9 heteroatoms. The van der Waals surface area contributed by atoms with E-state index in [0.29, 0.717) is 17.7 Å². The van der Waals surface area contributed by atoms with Crippen molar-refractivity contribution in [3.05, 3.63) is 36.8 Å². The first kappa shape index (κ1) is 20.2. The molecule has 1 unspecified atom stereocenters. The van der Waals surface area contributed by atoms with Crippen LogP contribution in [0.3, 0.4) is 0 Å². The lowest BCUT2D eigenvalue weighted by Gasteiger charge is -2.48. The predicted octanol–water partition coefficient (Wildman–Crippen LogP) is 3.30. The number of H-pyrrole nitrogens is 1. The molecule has 0 radical (unpaired) electrons. The molecule has 30 heavy (non-hydrogen) atoms. The predicted molar refractivity (Wildman–Crippen MR) is 113 cm³/mol. The van der Waals surface area contributed by atoms with Crippen LogP contribution in [-0.2, 0) is 0 Å². The second-order valence-electron chi connectivity index (χ2n) is 8.97. The summed E-state index contributed by atoms with van der Waals surface area (Å²) in [6.45, 7) is 7.80. The van der Waals surface area contributed by atoms with Crippen LogP contribution in [0.15, 0.2) is 36.8 Å². The summed E-state index contributed by atoms with van der Waals surface area (Å²) in [6, 6.07) is 4.82. The largest absolute Gasteiger partial charge is 0.507 e. The van der Waals surface area contributed by atoms with E-state index in [1.807, 2.05) is 33.8 Å². The van der Waals surface area contributed by atoms with Gasteiger partial charge in [0.05, 0.1) is 18.4 Å². The molecular formula is C21H26FN7O. The monoisotopic (exact) mass is 411 g/mol. The van der Waals surface area contributed by atoms with Crippen molar-refractivity contribution in [1.29, 1.82) is 0 Å². The van der Waals surface area contributed by atoms with Crippen molar-refractivity contribution in [3.63, 3.8) is 0 Å². The zero-order valence-electron chi connectivity index (χ0n) is 17.4. The van der Waals surface area contributed by atoms with E-state index in [0.717, 1.165) is 11.1 Å². The van der Waals surface area contributed by atoms with Gasteiger partial charge in [-0.15, -0.1) is 10.2 Å². The van der Waals surface area contributed by atoms with Crippen LogP contribution in [0.25, 0.3) is 22.4 Å². The number of phenols is 1. The maximum atomic E-state index is 15.0. The van der Waals surface area contributed by atoms with Crippen LogP contribution in [0.2, 0.25) is 0 Å². The Morgan fingerprint density at radius 1 is 1.13 bits per heavy atom. The number of anilines is 1. The maximum absolute atomic E-state index is 15.0. The van der Waals surface area contributed by atoms with Crippen molar-refractivity contribution >= 4 is 5.95 Å². The number of rotatable bonds is 4. The molecule has 2 aromatic heterocycles. The summed E-state index contributed by atoms with van der Waals surface area (Å²) in [4.78, 5) is 4.29. The van der Waals surface area contributed by atoms with Crippen molar-refractivity contribution in [1.82, 2.24) is 30.7 Å². The molecule has 8 nitrogen and oxygen atoms in total. The average Bonchev–Trinajstić information content (AvgIpc) is 3.20. The first-order chi connectivity index (χ1) is 14.1. The van der Waals surface area contributed by atoms with Gasteiger partial charge < -0.3 is 15.7 Å². The molecule has 158 valence electrons. The minimum Gasteiger partial charge on any atom is -0.507 e. The molecule has 2 atom stereocenters. The summed E-state index contributed by atoms with van der Waals surface area (Å²) in [5.74, 6) is 0.325. The summed E-state index contributed by atoms with van der Waals surface area (Å²) in [5, 5.41) is 31.8. The van der Waals surface area contributed by atoms with Crippen molar-refractivity contribution in [2.24, 2.45) is 0 Å². The smallest absolute Gasteiger partial charge is 0.243 e. The van der Waals surface area contributed by atoms with Crippen LogP contribution in [0.4, 0.5) is 10.3 Å². The molecule has 1 aliphatic heterocycles. The van der Waals surface area contributed by atoms with Gasteiger partial charge in [0.2, 0.25) is 5.95 Å². The molecule has 0 saturated carbocycles. The number of aromatic amines is 1. The third-order valence-electron chi connectivity index (χ3n) is 5.41. The number of aromatic nitrogens is 5. The van der Waals surface area contributed by atoms with Crippen LogP contribution in [0, 0.1) is 0 Å². The minimum absolute atomic E-state index is 0.0659. The topological polar surface area (TPSA) is 112 Å². The molecule has 1 aromatic carbocycles. The van der Waals surface area contributed by atoms with E-state index in [1.54, 1.807) is 24.5 Å². The molecule has 3 heterocycles. The van der Waals surface area contributed by atoms with Crippen LogP contribution in [0.1, 0.15) is 34.1 Å². The van der Waals surface area contributed by atoms with E-state index in [9.17, 15) is 9.50 Å². The summed E-state index contributed by atoms with van der Waals surface area (Å²) in [5.41, 5.74) is 1.75. The number of piperidine rings is 1. The molecule has 1 fully saturated rings. The Labute approximate surface area is 174 Å². The Morgan fingerprint density at radius 3 is 2.57 bits per heavy atom. The highest BCUT2D eigenvalue weighted by molar-refractivity contribution is 5.73. The van der Waals surface area contributed by atoms with Gasteiger partial charge in [0, 0.05) is 28.4 Å². The minimum atomic E-state index is -1.12. The fourth-order valence-corrected chi connectivity index (χ4v) is 4.24. The lowest BCUT2D eigenvalue weighted by atomic mass is 9.78. The highest BCUT2D eigenvalue weighted by Crippen LogP contribution is 2.34. The fourth-order valence-electron chi connectivity index (χ4n) is 4.24. The van der Waals surface area contributed by atoms with Gasteiger partial charge in [0.1, 0.15) is 17.6 Å². The van der Waals surface area contributed by atoms with E-state index < -0.39 is 17.8 Å². The number of hydrogen-bond acceptors (Lipinski definition) is 7. The molecule has 4 rings (SSSR count). The SMILES string of the molecule is CC1(C)CC(Nc2ncc(-c3ccc(-c4cn[nH]c4)cc3O)nn2)[C@@H](F)C(C)(C)N1. The molecule has 1 aliphatic rings. The second-order valence-corrected chi connectivity index (χ2v) is 8.97. The van der Waals surface area contributed by atoms with Gasteiger partial charge >= 0.3 is 0 Å². The number of nitrogens with one attached hydrogen (secondary N) is 3. The Morgan fingerprint density at radius 2 is 1.93 bits per heavy atom. The van der Waals surface area contributed by atoms with E-state index in [4.69, 9.17) is 0 Å². The van der Waals surface area contributed by atoms with E-state index in [1.165, 1.54) is 6.20 Å². The van der Waals surface area contributed by atoms with E-state index in [-0.39, 0.29) is 17.2 Å². The quantitative estimate of drug-likeness (QED) is 0.521. The van der Waals surface area contributed by atoms with Crippen LogP contribution in [-0.4, -0.2) is 53.8 Å². The number of nitrogens with zero attached hydrogens (tertiary/aromatic N) is 4. The third-order valence-corrected chi connectivity index (χ3v) is 5.41. The van der Waals surface area contributed by atoms with Gasteiger partial charge in [-0.1, -0.05) is 6.07 Å². The van der Waals surface area contributed by atoms with Gasteiger partial charge in [0.15, 0.2) is 0 Å². The number of hydrogen-bond donors (Lipinski definition) is 4. The Balaban J connectivity index is 1.52. The zero-order valence-corrected chi connectivity index (χ0v) is 17.4. The van der Waals surface area contributed by atoms with Crippen molar-refractivity contribution in [2.45, 2.75) is 57.4 Å². The number of aromatic hydroxyl groups is 1. The van der Waals surface area contributed by atoms with Crippen LogP contribution < -0.4 is 10.6 Å². The second kappa shape index (κ2) is 7.32. The molecule has 0 bridgehead atoms. The number of phenolic OH excluding ortho intramolecular Hbond substituents is 1.